The molecule has 1 aromatic carbocycles. The molecule has 2 N–H and O–H groups in total. The first-order chi connectivity index (χ1) is 8.09. The highest BCUT2D eigenvalue weighted by Gasteiger charge is 2.17. The van der Waals surface area contributed by atoms with Gasteiger partial charge in [-0.1, -0.05) is 6.58 Å². The van der Waals surface area contributed by atoms with Crippen LogP contribution < -0.4 is 10.6 Å². The summed E-state index contributed by atoms with van der Waals surface area (Å²) < 4.78 is 32.5. The van der Waals surface area contributed by atoms with E-state index >= 15 is 0 Å². The fourth-order valence-corrected chi connectivity index (χ4v) is 1.87. The summed E-state index contributed by atoms with van der Waals surface area (Å²) in [7, 11) is 0. The van der Waals surface area contributed by atoms with Crippen LogP contribution in [-0.4, -0.2) is 26.3 Å². The van der Waals surface area contributed by atoms with Crippen molar-refractivity contribution in [2.24, 2.45) is 5.73 Å². The summed E-state index contributed by atoms with van der Waals surface area (Å²) in [6.07, 6.45) is 0. The van der Waals surface area contributed by atoms with Gasteiger partial charge >= 0.3 is 0 Å². The molecular weight excluding hydrogens is 226 g/mol. The third-order valence-electron chi connectivity index (χ3n) is 2.72. The molecule has 1 saturated heterocycles. The highest BCUT2D eigenvalue weighted by Crippen LogP contribution is 2.25. The topological polar surface area (TPSA) is 38.5 Å². The number of hydrogen-bond acceptors (Lipinski definition) is 3. The quantitative estimate of drug-likeness (QED) is 0.855. The Morgan fingerprint density at radius 1 is 1.24 bits per heavy atom. The van der Waals surface area contributed by atoms with Gasteiger partial charge in [0.25, 0.3) is 0 Å². The Morgan fingerprint density at radius 3 is 2.24 bits per heavy atom. The van der Waals surface area contributed by atoms with Gasteiger partial charge in [0.1, 0.15) is 11.6 Å². The van der Waals surface area contributed by atoms with Crippen molar-refractivity contribution in [3.8, 4) is 0 Å². The van der Waals surface area contributed by atoms with Crippen LogP contribution in [0.5, 0.6) is 0 Å². The fourth-order valence-electron chi connectivity index (χ4n) is 1.87. The molecule has 17 heavy (non-hydrogen) atoms. The second-order valence-corrected chi connectivity index (χ2v) is 3.91. The zero-order valence-electron chi connectivity index (χ0n) is 9.38. The second kappa shape index (κ2) is 4.71. The van der Waals surface area contributed by atoms with E-state index in [1.165, 1.54) is 12.1 Å². The summed E-state index contributed by atoms with van der Waals surface area (Å²) in [5, 5.41) is 0. The van der Waals surface area contributed by atoms with Gasteiger partial charge in [-0.25, -0.2) is 8.78 Å². The van der Waals surface area contributed by atoms with Gasteiger partial charge in [-0.05, 0) is 12.1 Å². The predicted octanol–water partition coefficient (Wildman–Crippen LogP) is 1.73. The average molecular weight is 240 g/mol. The fraction of sp³-hybridized carbons (Fsp3) is 0.333. The van der Waals surface area contributed by atoms with E-state index in [-0.39, 0.29) is 11.3 Å². The summed E-state index contributed by atoms with van der Waals surface area (Å²) in [5.74, 6) is -1.36. The lowest BCUT2D eigenvalue weighted by molar-refractivity contribution is 0.122. The van der Waals surface area contributed by atoms with E-state index in [4.69, 9.17) is 10.5 Å². The van der Waals surface area contributed by atoms with Crippen molar-refractivity contribution in [3.05, 3.63) is 35.9 Å². The molecule has 0 aromatic heterocycles. The largest absolute Gasteiger partial charge is 0.399 e. The normalized spacial score (nSPS) is 16.0. The van der Waals surface area contributed by atoms with Gasteiger partial charge in [0, 0.05) is 24.5 Å². The first-order valence-corrected chi connectivity index (χ1v) is 5.36. The van der Waals surface area contributed by atoms with Crippen LogP contribution in [0.4, 0.5) is 14.5 Å². The first kappa shape index (κ1) is 11.9. The van der Waals surface area contributed by atoms with Crippen LogP contribution in [0.1, 0.15) is 5.56 Å². The molecule has 1 aliphatic heterocycles. The lowest BCUT2D eigenvalue weighted by Crippen LogP contribution is -2.36. The standard InChI is InChI=1S/C12H14F2N2O/c1-8(15)12-10(13)6-9(7-11(12)14)16-2-4-17-5-3-16/h6-7H,1-5,15H2. The Hall–Kier alpha value is -1.62. The van der Waals surface area contributed by atoms with Gasteiger partial charge in [-0.2, -0.15) is 0 Å². The smallest absolute Gasteiger partial charge is 0.137 e. The molecular formula is C12H14F2N2O. The maximum absolute atomic E-state index is 13.7. The summed E-state index contributed by atoms with van der Waals surface area (Å²) in [4.78, 5) is 1.87. The molecule has 1 fully saturated rings. The summed E-state index contributed by atoms with van der Waals surface area (Å²) in [6, 6.07) is 2.56. The molecule has 1 aliphatic rings. The number of nitrogens with two attached hydrogens (primary N) is 1. The number of morpholine rings is 1. The van der Waals surface area contributed by atoms with Crippen LogP contribution in [-0.2, 0) is 4.74 Å². The van der Waals surface area contributed by atoms with Crippen molar-refractivity contribution in [2.75, 3.05) is 31.2 Å². The number of ether oxygens (including phenoxy) is 1. The van der Waals surface area contributed by atoms with E-state index < -0.39 is 11.6 Å². The Kier molecular flexibility index (Phi) is 3.28. The van der Waals surface area contributed by atoms with E-state index in [9.17, 15) is 8.78 Å². The molecule has 0 amide bonds. The minimum Gasteiger partial charge on any atom is -0.399 e. The molecule has 3 nitrogen and oxygen atoms in total. The van der Waals surface area contributed by atoms with Gasteiger partial charge in [0.15, 0.2) is 0 Å². The minimum atomic E-state index is -0.681. The molecule has 2 rings (SSSR count). The van der Waals surface area contributed by atoms with E-state index in [1.54, 1.807) is 0 Å². The summed E-state index contributed by atoms with van der Waals surface area (Å²) >= 11 is 0. The van der Waals surface area contributed by atoms with Crippen LogP contribution in [0.25, 0.3) is 5.70 Å². The third-order valence-corrected chi connectivity index (χ3v) is 2.72. The van der Waals surface area contributed by atoms with Crippen LogP contribution in [0.2, 0.25) is 0 Å². The highest BCUT2D eigenvalue weighted by atomic mass is 19.1. The van der Waals surface area contributed by atoms with E-state index in [0.29, 0.717) is 32.0 Å². The van der Waals surface area contributed by atoms with Gasteiger partial charge < -0.3 is 15.4 Å². The first-order valence-electron chi connectivity index (χ1n) is 5.36. The Balaban J connectivity index is 2.34. The number of nitrogens with zero attached hydrogens (tertiary/aromatic N) is 1. The monoisotopic (exact) mass is 240 g/mol. The second-order valence-electron chi connectivity index (χ2n) is 3.91. The highest BCUT2D eigenvalue weighted by molar-refractivity contribution is 5.64. The molecule has 0 aliphatic carbocycles. The van der Waals surface area contributed by atoms with Crippen LogP contribution >= 0.6 is 0 Å². The predicted molar refractivity (Wildman–Crippen MR) is 62.6 cm³/mol. The maximum Gasteiger partial charge on any atom is 0.137 e. The van der Waals surface area contributed by atoms with Gasteiger partial charge in [0.05, 0.1) is 18.8 Å². The number of hydrogen-bond donors (Lipinski definition) is 1. The molecule has 0 radical (unpaired) electrons. The molecule has 0 atom stereocenters. The van der Waals surface area contributed by atoms with E-state index in [1.807, 2.05) is 4.90 Å². The molecule has 0 saturated carbocycles. The lowest BCUT2D eigenvalue weighted by Gasteiger charge is -2.29. The van der Waals surface area contributed by atoms with Crippen molar-refractivity contribution in [1.82, 2.24) is 0 Å². The number of anilines is 1. The number of rotatable bonds is 2. The number of halogens is 2. The molecule has 0 unspecified atom stereocenters. The van der Waals surface area contributed by atoms with Gasteiger partial charge in [0.2, 0.25) is 0 Å². The molecule has 5 heteroatoms. The SMILES string of the molecule is C=C(N)c1c(F)cc(N2CCOCC2)cc1F. The Morgan fingerprint density at radius 2 is 1.76 bits per heavy atom. The molecule has 0 spiro atoms. The van der Waals surface area contributed by atoms with Crippen molar-refractivity contribution in [1.29, 1.82) is 0 Å². The molecule has 92 valence electrons. The van der Waals surface area contributed by atoms with Crippen LogP contribution in [0, 0.1) is 11.6 Å². The summed E-state index contributed by atoms with van der Waals surface area (Å²) in [5.41, 5.74) is 5.49. The van der Waals surface area contributed by atoms with Gasteiger partial charge in [-0.3, -0.25) is 0 Å². The molecule has 1 aromatic rings. The lowest BCUT2D eigenvalue weighted by atomic mass is 10.1. The number of benzene rings is 1. The van der Waals surface area contributed by atoms with Gasteiger partial charge in [-0.15, -0.1) is 0 Å². The maximum atomic E-state index is 13.7. The Labute approximate surface area is 98.5 Å². The molecule has 1 heterocycles. The van der Waals surface area contributed by atoms with Crippen molar-refractivity contribution in [2.45, 2.75) is 0 Å². The Bertz CT molecular complexity index is 419. The molecule has 0 bridgehead atoms. The minimum absolute atomic E-state index is 0.103. The average Bonchev–Trinajstić information content (AvgIpc) is 2.28. The van der Waals surface area contributed by atoms with Crippen LogP contribution in [0.15, 0.2) is 18.7 Å². The van der Waals surface area contributed by atoms with E-state index in [2.05, 4.69) is 6.58 Å². The van der Waals surface area contributed by atoms with Crippen LogP contribution in [0.3, 0.4) is 0 Å². The zero-order chi connectivity index (χ0) is 12.4. The van der Waals surface area contributed by atoms with E-state index in [0.717, 1.165) is 0 Å². The zero-order valence-corrected chi connectivity index (χ0v) is 9.38. The van der Waals surface area contributed by atoms with Crippen molar-refractivity contribution in [3.63, 3.8) is 0 Å². The summed E-state index contributed by atoms with van der Waals surface area (Å²) in [6.45, 7) is 5.74. The third kappa shape index (κ3) is 2.39. The van der Waals surface area contributed by atoms with Crippen molar-refractivity contribution >= 4 is 11.4 Å². The van der Waals surface area contributed by atoms with Crippen molar-refractivity contribution < 1.29 is 13.5 Å².